The summed E-state index contributed by atoms with van der Waals surface area (Å²) in [6.45, 7) is 10.1. The van der Waals surface area contributed by atoms with Crippen molar-refractivity contribution in [2.24, 2.45) is 0 Å². The molecule has 0 aliphatic carbocycles. The second kappa shape index (κ2) is 53.6. The van der Waals surface area contributed by atoms with Crippen LogP contribution in [-0.2, 0) is 98.1 Å². The van der Waals surface area contributed by atoms with Crippen molar-refractivity contribution in [1.82, 2.24) is 61.8 Å². The number of aryl methyl sites for hydroxylation is 7. The molecule has 0 spiro atoms. The Morgan fingerprint density at radius 3 is 0.878 bits per heavy atom. The smallest absolute Gasteiger partial charge is 0.255 e. The number of phenolic OH excluding ortho intramolecular Hbond substituents is 8. The molecule has 26 N–H and O–H groups in total. The Kier molecular flexibility index (Phi) is 41.9. The number of hydrogen-bond acceptors (Lipinski definition) is 33. The van der Waals surface area contributed by atoms with E-state index in [0.29, 0.717) is 123 Å². The van der Waals surface area contributed by atoms with Crippen molar-refractivity contribution in [3.8, 4) is 86.2 Å². The largest absolute Gasteiger partial charge is 0.508 e. The molecule has 0 aliphatic heterocycles. The second-order valence-electron chi connectivity index (χ2n) is 30.2. The van der Waals surface area contributed by atoms with Crippen LogP contribution < -0.4 is 36.6 Å². The molecule has 39 heteroatoms. The number of ether oxygens (including phenoxy) is 1. The molecule has 0 bridgehead atoms. The van der Waals surface area contributed by atoms with Gasteiger partial charge in [0.25, 0.3) is 11.8 Å². The number of methoxy groups -OCH3 is 1. The Morgan fingerprint density at radius 1 is 0.281 bits per heavy atom. The summed E-state index contributed by atoms with van der Waals surface area (Å²) in [7, 11) is 1.44. The normalized spacial score (nSPS) is 10.7. The van der Waals surface area contributed by atoms with Crippen LogP contribution in [0.15, 0.2) is 183 Å². The van der Waals surface area contributed by atoms with Crippen molar-refractivity contribution in [2.75, 3.05) is 7.11 Å². The van der Waals surface area contributed by atoms with Gasteiger partial charge < -0.3 is 139 Å². The van der Waals surface area contributed by atoms with Gasteiger partial charge in [-0.2, -0.15) is 0 Å². The van der Waals surface area contributed by atoms with E-state index < -0.39 is 17.7 Å². The van der Waals surface area contributed by atoms with Gasteiger partial charge in [0.05, 0.1) is 92.0 Å². The van der Waals surface area contributed by atoms with E-state index in [9.17, 15) is 131 Å². The van der Waals surface area contributed by atoms with Gasteiger partial charge >= 0.3 is 0 Å². The average molecular weight is 1910 g/mol. The van der Waals surface area contributed by atoms with Gasteiger partial charge in [-0.3, -0.25) is 58.7 Å². The molecule has 6 amide bonds. The Morgan fingerprint density at radius 2 is 0.554 bits per heavy atom. The predicted octanol–water partition coefficient (Wildman–Crippen LogP) is 8.67. The Balaban J connectivity index is 0.000000227. The van der Waals surface area contributed by atoms with Crippen LogP contribution in [-0.4, -0.2) is 175 Å². The Labute approximate surface area is 796 Å². The number of nitrogens with one attached hydrogen (secondary N) is 6. The number of aliphatic hydroxyl groups excluding tert-OH is 6. The standard InChI is InChI=1S/C18H20N2O5.C18H20N2O4.C17H18N2O5.C17H18N2O4.C15H16N2O5.C15H16N2O4/c1-11-18(24)14(13(10-21)8-19-11)9-20-17(23)6-4-12-3-5-15(22)16(7-12)25-2;1-11-3-4-13(7-16(11)22)5-6-17(23)20-9-15-14(10-21)8-19-12(2)18(15)24;1-10-17(24)13(12(9-20)7-18-10)8-19-16(23)5-3-11-2-4-14(21)15(22)6-11;1-11-17(23)15(13(10-20)8-18-11)9-19-16(22)7-4-12-2-5-14(21)6-3-12;1-8-14(21)12(9(7-18)5-16-8)6-17-15(22)11-4-10(19)2-3-13(11)20;1-9-14(20)12(10(8-18)6-16-9)7-17-15(21)11-4-2-3-5-13(11)19/h3-8,21-22,24H,9-10H2,1-2H3,(H,20,23);3-8,21-22,24H,9-10H2,1-2H3,(H,20,23);2-7,20-22,24H,8-9H2,1H3,(H,19,23);2-8,20-21,23H,9-10H2,1H3,(H,19,22);2-5,18-21H,6-7H2,1H3,(H,17,22);2-6,18-20H,7-8H2,1H3,(H,17,21)/b6-4+;6-5+;5-3+;7-4+;;. The van der Waals surface area contributed by atoms with Crippen LogP contribution in [0.5, 0.6) is 86.2 Å². The summed E-state index contributed by atoms with van der Waals surface area (Å²) in [5, 5.41) is 207. The third-order valence-corrected chi connectivity index (χ3v) is 20.6. The van der Waals surface area contributed by atoms with E-state index in [2.05, 4.69) is 61.8 Å². The van der Waals surface area contributed by atoms with Gasteiger partial charge in [0, 0.05) is 168 Å². The highest BCUT2D eigenvalue weighted by molar-refractivity contribution is 5.98. The van der Waals surface area contributed by atoms with E-state index in [1.807, 2.05) is 0 Å². The first kappa shape index (κ1) is 109. The number of aromatic nitrogens is 6. The molecule has 0 radical (unpaired) electrons. The van der Waals surface area contributed by atoms with Gasteiger partial charge in [-0.25, -0.2) is 0 Å². The number of para-hydroxylation sites is 1. The molecule has 0 unspecified atom stereocenters. The van der Waals surface area contributed by atoms with Crippen molar-refractivity contribution in [2.45, 2.75) is 127 Å². The van der Waals surface area contributed by atoms with Gasteiger partial charge in [0.1, 0.15) is 63.2 Å². The van der Waals surface area contributed by atoms with Crippen molar-refractivity contribution in [3.05, 3.63) is 323 Å². The summed E-state index contributed by atoms with van der Waals surface area (Å²) in [6.07, 6.45) is 20.3. The fourth-order valence-electron chi connectivity index (χ4n) is 12.4. The first-order valence-corrected chi connectivity index (χ1v) is 42.1. The number of rotatable bonds is 29. The van der Waals surface area contributed by atoms with Crippen LogP contribution in [0, 0.1) is 48.5 Å². The average Bonchev–Trinajstić information content (AvgIpc) is 0.836. The Bertz CT molecular complexity index is 6340. The summed E-state index contributed by atoms with van der Waals surface area (Å²) in [5.41, 5.74) is 11.2. The van der Waals surface area contributed by atoms with Crippen LogP contribution in [0.25, 0.3) is 24.3 Å². The fourth-order valence-corrected chi connectivity index (χ4v) is 12.4. The second-order valence-corrected chi connectivity index (χ2v) is 30.2. The molecule has 0 aliphatic rings. The lowest BCUT2D eigenvalue weighted by atomic mass is 10.1. The van der Waals surface area contributed by atoms with Crippen LogP contribution in [0.3, 0.4) is 0 Å². The number of pyridine rings is 6. The molecule has 12 rings (SSSR count). The Hall–Kier alpha value is -17.2. The third kappa shape index (κ3) is 32.3. The van der Waals surface area contributed by atoms with Crippen molar-refractivity contribution in [1.29, 1.82) is 0 Å². The first-order valence-electron chi connectivity index (χ1n) is 42.1. The lowest BCUT2D eigenvalue weighted by molar-refractivity contribution is -0.117. The van der Waals surface area contributed by atoms with Gasteiger partial charge in [0.2, 0.25) is 23.6 Å². The number of amides is 6. The van der Waals surface area contributed by atoms with Crippen molar-refractivity contribution in [3.63, 3.8) is 0 Å². The van der Waals surface area contributed by atoms with E-state index in [0.717, 1.165) is 17.2 Å². The molecule has 12 aromatic rings. The van der Waals surface area contributed by atoms with Gasteiger partial charge in [-0.05, 0) is 173 Å². The molecule has 0 fully saturated rings. The molecule has 0 atom stereocenters. The number of carbonyl (C=O) groups is 6. The van der Waals surface area contributed by atoms with Crippen molar-refractivity contribution < 1.29 is 136 Å². The molecular formula is C100H108N12O27. The monoisotopic (exact) mass is 1910 g/mol. The lowest BCUT2D eigenvalue weighted by Gasteiger charge is -2.13. The molecule has 139 heavy (non-hydrogen) atoms. The molecule has 6 heterocycles. The van der Waals surface area contributed by atoms with Gasteiger partial charge in [-0.15, -0.1) is 0 Å². The van der Waals surface area contributed by atoms with E-state index >= 15 is 0 Å². The predicted molar refractivity (Wildman–Crippen MR) is 508 cm³/mol. The highest BCUT2D eigenvalue weighted by Crippen LogP contribution is 2.33. The highest BCUT2D eigenvalue weighted by Gasteiger charge is 2.22. The van der Waals surface area contributed by atoms with Crippen molar-refractivity contribution >= 4 is 59.7 Å². The van der Waals surface area contributed by atoms with Crippen LogP contribution in [0.2, 0.25) is 0 Å². The highest BCUT2D eigenvalue weighted by atomic mass is 16.5. The molecular weight excluding hydrogens is 1800 g/mol. The maximum atomic E-state index is 12.0. The van der Waals surface area contributed by atoms with Crippen LogP contribution >= 0.6 is 0 Å². The SMILES string of the molecule is COc1cc(/C=C/C(=O)NCc2c(CO)cnc(C)c2O)ccc1O.Cc1ccc(/C=C/C(=O)NCc2c(CO)cnc(C)c2O)cc1O.Cc1ncc(CO)c(CNC(=O)/C=C/c2ccc(O)c(O)c2)c1O.Cc1ncc(CO)c(CNC(=O)/C=C/c2ccc(O)cc2)c1O.Cc1ncc(CO)c(CNC(=O)c2cc(O)ccc2O)c1O.Cc1ncc(CO)c(CNC(=O)c2ccccc2O)c1O. The van der Waals surface area contributed by atoms with E-state index in [4.69, 9.17) is 4.74 Å². The van der Waals surface area contributed by atoms with E-state index in [-0.39, 0.29) is 188 Å². The minimum Gasteiger partial charge on any atom is -0.508 e. The molecule has 6 aromatic heterocycles. The molecule has 6 aromatic carbocycles. The lowest BCUT2D eigenvalue weighted by Crippen LogP contribution is -2.23. The number of benzene rings is 6. The first-order chi connectivity index (χ1) is 66.3. The number of nitrogens with zero attached hydrogens (tertiary/aromatic N) is 6. The summed E-state index contributed by atoms with van der Waals surface area (Å²) in [4.78, 5) is 95.4. The van der Waals surface area contributed by atoms with E-state index in [1.165, 1.54) is 129 Å². The maximum absolute atomic E-state index is 12.0. The number of aromatic hydroxyl groups is 14. The minimum atomic E-state index is -0.619. The number of carbonyl (C=O) groups excluding carboxylic acids is 6. The zero-order valence-electron chi connectivity index (χ0n) is 76.6. The number of hydrogen-bond donors (Lipinski definition) is 26. The summed E-state index contributed by atoms with van der Waals surface area (Å²) in [6, 6.07) is 30.2. The molecule has 0 saturated heterocycles. The quantitative estimate of drug-likeness (QED) is 0.0118. The van der Waals surface area contributed by atoms with E-state index in [1.54, 1.807) is 127 Å². The fraction of sp³-hybridized carbons (Fsp3) is 0.200. The summed E-state index contributed by atoms with van der Waals surface area (Å²) in [5.74, 6) is -3.29. The zero-order chi connectivity index (χ0) is 102. The van der Waals surface area contributed by atoms with Gasteiger partial charge in [0.15, 0.2) is 23.0 Å². The molecule has 0 saturated carbocycles. The summed E-state index contributed by atoms with van der Waals surface area (Å²) < 4.78 is 5.01. The maximum Gasteiger partial charge on any atom is 0.255 e. The third-order valence-electron chi connectivity index (χ3n) is 20.6. The zero-order valence-corrected chi connectivity index (χ0v) is 76.6. The van der Waals surface area contributed by atoms with Crippen LogP contribution in [0.4, 0.5) is 0 Å². The van der Waals surface area contributed by atoms with Crippen LogP contribution in [0.1, 0.15) is 149 Å². The van der Waals surface area contributed by atoms with Gasteiger partial charge in [-0.1, -0.05) is 48.5 Å². The minimum absolute atomic E-state index is 0.0177. The molecule has 39 nitrogen and oxygen atoms in total. The number of aliphatic hydroxyl groups is 6. The molecule has 730 valence electrons. The number of phenols is 8. The topological polar surface area (TPSA) is 666 Å². The summed E-state index contributed by atoms with van der Waals surface area (Å²) >= 11 is 0.